The lowest BCUT2D eigenvalue weighted by Gasteiger charge is -2.16. The number of carbonyl (C=O) groups is 2. The average molecular weight is 354 g/mol. The van der Waals surface area contributed by atoms with Gasteiger partial charge in [0.15, 0.2) is 0 Å². The molecule has 1 aliphatic heterocycles. The van der Waals surface area contributed by atoms with Gasteiger partial charge < -0.3 is 15.4 Å². The van der Waals surface area contributed by atoms with E-state index >= 15 is 0 Å². The maximum absolute atomic E-state index is 12.1. The van der Waals surface area contributed by atoms with Crippen LogP contribution in [0, 0.1) is 6.92 Å². The summed E-state index contributed by atoms with van der Waals surface area (Å²) in [7, 11) is 0. The van der Waals surface area contributed by atoms with Crippen LogP contribution in [0.4, 0.5) is 0 Å². The minimum Gasteiger partial charge on any atom is -0.487 e. The second-order valence-corrected chi connectivity index (χ2v) is 6.50. The van der Waals surface area contributed by atoms with Crippen molar-refractivity contribution in [3.63, 3.8) is 0 Å². The van der Waals surface area contributed by atoms with Gasteiger partial charge in [-0.25, -0.2) is 0 Å². The zero-order chi connectivity index (χ0) is 18.7. The van der Waals surface area contributed by atoms with E-state index in [0.717, 1.165) is 28.1 Å². The van der Waals surface area contributed by atoms with E-state index in [0.29, 0.717) is 13.0 Å². The molecule has 0 radical (unpaired) electrons. The predicted octanol–water partition coefficient (Wildman–Crippen LogP) is 1.40. The number of rotatable bonds is 5. The maximum atomic E-state index is 12.1. The van der Waals surface area contributed by atoms with Crippen molar-refractivity contribution in [3.05, 3.63) is 41.9 Å². The fourth-order valence-corrected chi connectivity index (χ4v) is 3.07. The molecule has 136 valence electrons. The van der Waals surface area contributed by atoms with Gasteiger partial charge in [0.05, 0.1) is 18.4 Å². The number of ether oxygens (including phenoxy) is 1. The normalized spacial score (nSPS) is 16.3. The lowest BCUT2D eigenvalue weighted by molar-refractivity contribution is -0.127. The number of benzene rings is 1. The van der Waals surface area contributed by atoms with Crippen LogP contribution in [0.15, 0.2) is 30.7 Å². The van der Waals surface area contributed by atoms with Gasteiger partial charge in [-0.05, 0) is 31.0 Å². The fourth-order valence-electron chi connectivity index (χ4n) is 3.07. The number of fused-ring (bicyclic) bond motifs is 1. The number of aryl methyl sites for hydroxylation is 1. The topological polar surface area (TPSA) is 93.2 Å². The van der Waals surface area contributed by atoms with Crippen molar-refractivity contribution in [3.8, 4) is 17.0 Å². The molecule has 2 aromatic rings. The molecule has 1 aromatic carbocycles. The van der Waals surface area contributed by atoms with Crippen molar-refractivity contribution in [2.45, 2.75) is 39.3 Å². The summed E-state index contributed by atoms with van der Waals surface area (Å²) in [5.41, 5.74) is 3.89. The summed E-state index contributed by atoms with van der Waals surface area (Å²) in [6.45, 7) is 5.44. The van der Waals surface area contributed by atoms with Gasteiger partial charge in [0.2, 0.25) is 11.8 Å². The van der Waals surface area contributed by atoms with E-state index < -0.39 is 6.04 Å². The van der Waals surface area contributed by atoms with Crippen LogP contribution in [0.1, 0.15) is 25.0 Å². The second kappa shape index (κ2) is 7.51. The Labute approximate surface area is 152 Å². The van der Waals surface area contributed by atoms with Crippen LogP contribution in [-0.4, -0.2) is 40.5 Å². The minimum atomic E-state index is -0.575. The number of aromatic nitrogens is 2. The molecule has 1 unspecified atom stereocenters. The lowest BCUT2D eigenvalue weighted by Crippen LogP contribution is -2.46. The summed E-state index contributed by atoms with van der Waals surface area (Å²) in [4.78, 5) is 31.6. The van der Waals surface area contributed by atoms with Crippen LogP contribution in [0.2, 0.25) is 0 Å². The number of nitrogens with one attached hydrogen (secondary N) is 2. The molecule has 2 atom stereocenters. The first-order chi connectivity index (χ1) is 12.4. The Kier molecular flexibility index (Phi) is 5.16. The standard InChI is InChI=1S/C19H22N4O3/c1-11-6-14-8-15(9-22-19(25)12(2)23-13(3)24)26-18(14)16(7-11)17-10-20-4-5-21-17/h4-7,10,12,15H,8-9H2,1-3H3,(H,22,25)(H,23,24)/t12-,15?/m0/s1. The Balaban J connectivity index is 1.69. The number of hydrogen-bond acceptors (Lipinski definition) is 5. The van der Waals surface area contributed by atoms with Crippen molar-refractivity contribution in [2.75, 3.05) is 6.54 Å². The predicted molar refractivity (Wildman–Crippen MR) is 96.6 cm³/mol. The molecular weight excluding hydrogens is 332 g/mol. The SMILES string of the molecule is CC(=O)N[C@@H](C)C(=O)NCC1Cc2cc(C)cc(-c3cnccn3)c2O1. The second-order valence-electron chi connectivity index (χ2n) is 6.50. The van der Waals surface area contributed by atoms with Gasteiger partial charge in [-0.15, -0.1) is 0 Å². The highest BCUT2D eigenvalue weighted by molar-refractivity contribution is 5.86. The van der Waals surface area contributed by atoms with Gasteiger partial charge in [0, 0.05) is 31.3 Å². The van der Waals surface area contributed by atoms with Crippen molar-refractivity contribution in [1.82, 2.24) is 20.6 Å². The van der Waals surface area contributed by atoms with Crippen LogP contribution >= 0.6 is 0 Å². The zero-order valence-electron chi connectivity index (χ0n) is 15.1. The largest absolute Gasteiger partial charge is 0.487 e. The third-order valence-corrected chi connectivity index (χ3v) is 4.20. The van der Waals surface area contributed by atoms with Crippen LogP contribution in [0.5, 0.6) is 5.75 Å². The zero-order valence-corrected chi connectivity index (χ0v) is 15.1. The van der Waals surface area contributed by atoms with Gasteiger partial charge >= 0.3 is 0 Å². The molecule has 1 aliphatic rings. The Morgan fingerprint density at radius 3 is 2.85 bits per heavy atom. The monoisotopic (exact) mass is 354 g/mol. The Hall–Kier alpha value is -2.96. The van der Waals surface area contributed by atoms with Gasteiger partial charge in [-0.3, -0.25) is 19.6 Å². The molecule has 7 heteroatoms. The van der Waals surface area contributed by atoms with E-state index in [4.69, 9.17) is 4.74 Å². The van der Waals surface area contributed by atoms with Crippen LogP contribution in [-0.2, 0) is 16.0 Å². The molecule has 0 aliphatic carbocycles. The molecule has 0 saturated heterocycles. The summed E-state index contributed by atoms with van der Waals surface area (Å²) in [6.07, 6.45) is 5.55. The Bertz CT molecular complexity index is 823. The van der Waals surface area contributed by atoms with Crippen molar-refractivity contribution >= 4 is 11.8 Å². The van der Waals surface area contributed by atoms with E-state index in [1.807, 2.05) is 13.0 Å². The highest BCUT2D eigenvalue weighted by Crippen LogP contribution is 2.38. The van der Waals surface area contributed by atoms with E-state index in [1.54, 1.807) is 25.5 Å². The molecule has 3 rings (SSSR count). The number of nitrogens with zero attached hydrogens (tertiary/aromatic N) is 2. The molecule has 0 bridgehead atoms. The molecule has 0 spiro atoms. The van der Waals surface area contributed by atoms with Crippen molar-refractivity contribution in [1.29, 1.82) is 0 Å². The molecule has 26 heavy (non-hydrogen) atoms. The van der Waals surface area contributed by atoms with Gasteiger partial charge in [-0.2, -0.15) is 0 Å². The van der Waals surface area contributed by atoms with Crippen molar-refractivity contribution in [2.24, 2.45) is 0 Å². The quantitative estimate of drug-likeness (QED) is 0.846. The lowest BCUT2D eigenvalue weighted by atomic mass is 10.0. The minimum absolute atomic E-state index is 0.157. The molecule has 2 N–H and O–H groups in total. The van der Waals surface area contributed by atoms with Gasteiger partial charge in [0.1, 0.15) is 17.9 Å². The molecular formula is C19H22N4O3. The summed E-state index contributed by atoms with van der Waals surface area (Å²) in [5, 5.41) is 5.40. The van der Waals surface area contributed by atoms with E-state index in [-0.39, 0.29) is 17.9 Å². The van der Waals surface area contributed by atoms with Crippen LogP contribution < -0.4 is 15.4 Å². The first-order valence-electron chi connectivity index (χ1n) is 8.55. The van der Waals surface area contributed by atoms with Gasteiger partial charge in [-0.1, -0.05) is 6.07 Å². The summed E-state index contributed by atoms with van der Waals surface area (Å²) >= 11 is 0. The molecule has 2 amide bonds. The molecule has 0 fully saturated rings. The number of amides is 2. The maximum Gasteiger partial charge on any atom is 0.242 e. The smallest absolute Gasteiger partial charge is 0.242 e. The summed E-state index contributed by atoms with van der Waals surface area (Å²) in [5.74, 6) is 0.330. The number of hydrogen-bond donors (Lipinski definition) is 2. The average Bonchev–Trinajstić information content (AvgIpc) is 3.01. The first kappa shape index (κ1) is 17.8. The van der Waals surface area contributed by atoms with E-state index in [1.165, 1.54) is 6.92 Å². The fraction of sp³-hybridized carbons (Fsp3) is 0.368. The Morgan fingerprint density at radius 1 is 1.35 bits per heavy atom. The van der Waals surface area contributed by atoms with E-state index in [9.17, 15) is 9.59 Å². The van der Waals surface area contributed by atoms with Crippen LogP contribution in [0.25, 0.3) is 11.3 Å². The third kappa shape index (κ3) is 3.99. The first-order valence-corrected chi connectivity index (χ1v) is 8.55. The molecule has 1 aromatic heterocycles. The van der Waals surface area contributed by atoms with E-state index in [2.05, 4.69) is 26.7 Å². The summed E-state index contributed by atoms with van der Waals surface area (Å²) in [6, 6.07) is 3.55. The molecule has 2 heterocycles. The molecule has 0 saturated carbocycles. The van der Waals surface area contributed by atoms with Gasteiger partial charge in [0.25, 0.3) is 0 Å². The highest BCUT2D eigenvalue weighted by Gasteiger charge is 2.27. The number of carbonyl (C=O) groups excluding carboxylic acids is 2. The van der Waals surface area contributed by atoms with Crippen LogP contribution in [0.3, 0.4) is 0 Å². The van der Waals surface area contributed by atoms with Crippen molar-refractivity contribution < 1.29 is 14.3 Å². The highest BCUT2D eigenvalue weighted by atomic mass is 16.5. The molecule has 7 nitrogen and oxygen atoms in total. The third-order valence-electron chi connectivity index (χ3n) is 4.20. The Morgan fingerprint density at radius 2 is 2.15 bits per heavy atom. The summed E-state index contributed by atoms with van der Waals surface area (Å²) < 4.78 is 6.09.